The average Bonchev–Trinajstić information content (AvgIpc) is 3.23. The Morgan fingerprint density at radius 1 is 1.12 bits per heavy atom. The van der Waals surface area contributed by atoms with Gasteiger partial charge in [-0.05, 0) is 49.0 Å². The minimum atomic E-state index is 0.409. The van der Waals surface area contributed by atoms with Crippen LogP contribution in [0.25, 0.3) is 0 Å². The molecule has 0 aliphatic heterocycles. The maximum absolute atomic E-state index is 5.33. The number of benzene rings is 1. The van der Waals surface area contributed by atoms with Gasteiger partial charge >= 0.3 is 0 Å². The van der Waals surface area contributed by atoms with Crippen LogP contribution in [0.5, 0.6) is 17.2 Å². The van der Waals surface area contributed by atoms with Crippen molar-refractivity contribution < 1.29 is 14.2 Å². The lowest BCUT2D eigenvalue weighted by molar-refractivity contribution is 0.324. The smallest absolute Gasteiger partial charge is 0.203 e. The number of hydrazone groups is 1. The number of hydrogen-bond donors (Lipinski definition) is 2. The molecule has 2 N–H and O–H groups in total. The van der Waals surface area contributed by atoms with Gasteiger partial charge in [0.05, 0.1) is 27.5 Å². The van der Waals surface area contributed by atoms with E-state index in [1.54, 1.807) is 27.5 Å². The van der Waals surface area contributed by atoms with E-state index in [-0.39, 0.29) is 0 Å². The first-order chi connectivity index (χ1) is 12.1. The highest BCUT2D eigenvalue weighted by Gasteiger charge is 2.35. The molecule has 3 atom stereocenters. The van der Waals surface area contributed by atoms with E-state index >= 15 is 0 Å². The van der Waals surface area contributed by atoms with Crippen LogP contribution in [0.4, 0.5) is 0 Å². The molecule has 0 saturated heterocycles. The number of ether oxygens (including phenoxy) is 3. The van der Waals surface area contributed by atoms with Crippen molar-refractivity contribution in [3.05, 3.63) is 29.8 Å². The van der Waals surface area contributed by atoms with Crippen molar-refractivity contribution >= 4 is 23.5 Å². The Morgan fingerprint density at radius 2 is 1.84 bits per heavy atom. The van der Waals surface area contributed by atoms with Crippen LogP contribution in [0.3, 0.4) is 0 Å². The molecule has 6 nitrogen and oxygen atoms in total. The fourth-order valence-corrected chi connectivity index (χ4v) is 3.69. The largest absolute Gasteiger partial charge is 0.493 e. The highest BCUT2D eigenvalue weighted by atomic mass is 32.1. The summed E-state index contributed by atoms with van der Waals surface area (Å²) in [6, 6.07) is 4.05. The molecular formula is C18H23N3O3S. The Morgan fingerprint density at radius 3 is 2.36 bits per heavy atom. The maximum Gasteiger partial charge on any atom is 0.203 e. The van der Waals surface area contributed by atoms with Crippen molar-refractivity contribution in [2.24, 2.45) is 16.9 Å². The van der Waals surface area contributed by atoms with E-state index in [0.29, 0.717) is 40.2 Å². The van der Waals surface area contributed by atoms with Gasteiger partial charge in [-0.1, -0.05) is 12.2 Å². The van der Waals surface area contributed by atoms with E-state index in [2.05, 4.69) is 28.0 Å². The summed E-state index contributed by atoms with van der Waals surface area (Å²) in [7, 11) is 4.74. The molecule has 0 amide bonds. The van der Waals surface area contributed by atoms with Crippen LogP contribution < -0.4 is 25.0 Å². The highest BCUT2D eigenvalue weighted by molar-refractivity contribution is 7.80. The van der Waals surface area contributed by atoms with Gasteiger partial charge in [-0.15, -0.1) is 0 Å². The summed E-state index contributed by atoms with van der Waals surface area (Å²) in [5.74, 6) is 3.00. The van der Waals surface area contributed by atoms with Crippen molar-refractivity contribution in [3.63, 3.8) is 0 Å². The summed E-state index contributed by atoms with van der Waals surface area (Å²) < 4.78 is 16.0. The van der Waals surface area contributed by atoms with Gasteiger partial charge in [-0.3, -0.25) is 5.43 Å². The van der Waals surface area contributed by atoms with Gasteiger partial charge in [-0.2, -0.15) is 5.10 Å². The number of fused-ring (bicyclic) bond motifs is 2. The molecule has 3 rings (SSSR count). The zero-order valence-electron chi connectivity index (χ0n) is 14.6. The predicted octanol–water partition coefficient (Wildman–Crippen LogP) is 2.48. The molecule has 1 aromatic carbocycles. The summed E-state index contributed by atoms with van der Waals surface area (Å²) in [4.78, 5) is 0. The Bertz CT molecular complexity index is 680. The van der Waals surface area contributed by atoms with E-state index in [1.165, 1.54) is 6.42 Å². The first-order valence-corrected chi connectivity index (χ1v) is 8.63. The second kappa shape index (κ2) is 7.74. The Kier molecular flexibility index (Phi) is 5.43. The fourth-order valence-electron chi connectivity index (χ4n) is 3.49. The topological polar surface area (TPSA) is 64.1 Å². The average molecular weight is 361 g/mol. The third-order valence-electron chi connectivity index (χ3n) is 4.66. The van der Waals surface area contributed by atoms with E-state index < -0.39 is 0 Å². The Labute approximate surface area is 153 Å². The van der Waals surface area contributed by atoms with Gasteiger partial charge in [0, 0.05) is 11.6 Å². The molecule has 134 valence electrons. The number of thiocarbonyl (C=S) groups is 1. The number of hydrogen-bond acceptors (Lipinski definition) is 5. The van der Waals surface area contributed by atoms with Crippen LogP contribution in [0.15, 0.2) is 29.4 Å². The summed E-state index contributed by atoms with van der Waals surface area (Å²) in [6.45, 7) is 0. The molecule has 1 aromatic rings. The summed E-state index contributed by atoms with van der Waals surface area (Å²) >= 11 is 5.33. The monoisotopic (exact) mass is 361 g/mol. The molecule has 0 unspecified atom stereocenters. The van der Waals surface area contributed by atoms with E-state index in [1.807, 2.05) is 12.1 Å². The molecule has 0 spiro atoms. The molecule has 1 fully saturated rings. The lowest BCUT2D eigenvalue weighted by atomic mass is 10.0. The van der Waals surface area contributed by atoms with Crippen molar-refractivity contribution in [1.29, 1.82) is 0 Å². The van der Waals surface area contributed by atoms with Crippen LogP contribution in [0.2, 0.25) is 0 Å². The standard InChI is InChI=1S/C18H23N3O3S/c1-22-15-8-12(9-16(23-2)17(15)24-3)10-19-21-18(25)20-14-7-11-4-5-13(14)6-11/h4-5,8-11,13-14H,6-7H2,1-3H3,(H2,20,21,25)/b19-10-/t11-,13-,14-/m1/s1. The van der Waals surface area contributed by atoms with Gasteiger partial charge in [0.2, 0.25) is 5.75 Å². The first-order valence-electron chi connectivity index (χ1n) is 8.22. The number of nitrogens with zero attached hydrogens (tertiary/aromatic N) is 1. The highest BCUT2D eigenvalue weighted by Crippen LogP contribution is 2.39. The SMILES string of the molecule is COc1cc(/C=N\NC(=S)N[C@@H]2C[C@@H]3C=C[C@@H]2C3)cc(OC)c1OC. The molecule has 0 radical (unpaired) electrons. The van der Waals surface area contributed by atoms with Crippen LogP contribution in [-0.2, 0) is 0 Å². The van der Waals surface area contributed by atoms with E-state index in [0.717, 1.165) is 12.0 Å². The Hall–Kier alpha value is -2.28. The molecule has 1 saturated carbocycles. The van der Waals surface area contributed by atoms with Crippen molar-refractivity contribution in [1.82, 2.24) is 10.7 Å². The number of allylic oxidation sites excluding steroid dienone is 1. The number of nitrogens with one attached hydrogen (secondary N) is 2. The van der Waals surface area contributed by atoms with Crippen molar-refractivity contribution in [3.8, 4) is 17.2 Å². The molecule has 0 heterocycles. The molecule has 7 heteroatoms. The van der Waals surface area contributed by atoms with Gasteiger partial charge in [0.1, 0.15) is 0 Å². The Balaban J connectivity index is 1.60. The molecule has 25 heavy (non-hydrogen) atoms. The van der Waals surface area contributed by atoms with Crippen molar-refractivity contribution in [2.45, 2.75) is 18.9 Å². The lowest BCUT2D eigenvalue weighted by Gasteiger charge is -2.20. The van der Waals surface area contributed by atoms with E-state index in [9.17, 15) is 0 Å². The third kappa shape index (κ3) is 3.87. The van der Waals surface area contributed by atoms with Crippen LogP contribution in [0, 0.1) is 11.8 Å². The van der Waals surface area contributed by atoms with Crippen molar-refractivity contribution in [2.75, 3.05) is 21.3 Å². The normalized spacial score (nSPS) is 23.7. The molecular weight excluding hydrogens is 338 g/mol. The molecule has 2 aliphatic carbocycles. The van der Waals surface area contributed by atoms with Gasteiger partial charge in [0.25, 0.3) is 0 Å². The second-order valence-corrected chi connectivity index (χ2v) is 6.60. The van der Waals surface area contributed by atoms with Crippen LogP contribution in [0.1, 0.15) is 18.4 Å². The first kappa shape index (κ1) is 17.5. The summed E-state index contributed by atoms with van der Waals surface area (Å²) in [6.07, 6.45) is 8.63. The number of methoxy groups -OCH3 is 3. The summed E-state index contributed by atoms with van der Waals surface area (Å²) in [5.41, 5.74) is 3.69. The minimum Gasteiger partial charge on any atom is -0.493 e. The lowest BCUT2D eigenvalue weighted by Crippen LogP contribution is -2.42. The minimum absolute atomic E-state index is 0.409. The quantitative estimate of drug-likeness (QED) is 0.351. The summed E-state index contributed by atoms with van der Waals surface area (Å²) in [5, 5.41) is 8.09. The molecule has 0 aromatic heterocycles. The maximum atomic E-state index is 5.33. The zero-order valence-corrected chi connectivity index (χ0v) is 15.4. The fraction of sp³-hybridized carbons (Fsp3) is 0.444. The third-order valence-corrected chi connectivity index (χ3v) is 4.87. The molecule has 2 aliphatic rings. The van der Waals surface area contributed by atoms with E-state index in [4.69, 9.17) is 26.4 Å². The second-order valence-electron chi connectivity index (χ2n) is 6.19. The molecule has 2 bridgehead atoms. The van der Waals surface area contributed by atoms with Crippen LogP contribution in [-0.4, -0.2) is 38.7 Å². The zero-order chi connectivity index (χ0) is 17.8. The predicted molar refractivity (Wildman–Crippen MR) is 102 cm³/mol. The van der Waals surface area contributed by atoms with Gasteiger partial charge in [-0.25, -0.2) is 0 Å². The van der Waals surface area contributed by atoms with Gasteiger partial charge in [0.15, 0.2) is 16.6 Å². The van der Waals surface area contributed by atoms with Gasteiger partial charge < -0.3 is 19.5 Å². The van der Waals surface area contributed by atoms with Crippen LogP contribution >= 0.6 is 12.2 Å². The number of rotatable bonds is 6.